The number of thioether (sulfide) groups is 1. The summed E-state index contributed by atoms with van der Waals surface area (Å²) in [6.07, 6.45) is 0. The highest BCUT2D eigenvalue weighted by Crippen LogP contribution is 2.18. The fraction of sp³-hybridized carbons (Fsp3) is 0.700. The fourth-order valence-corrected chi connectivity index (χ4v) is 2.19. The number of methoxy groups -OCH3 is 1. The second-order valence-corrected chi connectivity index (χ2v) is 4.89. The van der Waals surface area contributed by atoms with E-state index in [1.54, 1.807) is 18.7 Å². The molecule has 0 saturated carbocycles. The summed E-state index contributed by atoms with van der Waals surface area (Å²) >= 11 is 1.47. The van der Waals surface area contributed by atoms with E-state index in [4.69, 9.17) is 9.26 Å². The minimum atomic E-state index is 0.554. The molecule has 2 rings (SSSR count). The molecule has 2 heterocycles. The zero-order valence-corrected chi connectivity index (χ0v) is 12.3. The van der Waals surface area contributed by atoms with Crippen LogP contribution in [0.3, 0.4) is 0 Å². The molecule has 0 spiro atoms. The second kappa shape index (κ2) is 7.92. The predicted octanol–water partition coefficient (Wildman–Crippen LogP) is -0.107. The number of hydrogen-bond acceptors (Lipinski definition) is 9. The van der Waals surface area contributed by atoms with E-state index >= 15 is 0 Å². The molecule has 0 atom stereocenters. The van der Waals surface area contributed by atoms with Crippen LogP contribution in [-0.2, 0) is 17.0 Å². The molecule has 0 unspecified atom stereocenters. The number of rotatable bonds is 9. The number of aryl methyl sites for hydroxylation is 1. The average molecular weight is 299 g/mol. The van der Waals surface area contributed by atoms with Crippen LogP contribution >= 0.6 is 11.8 Å². The van der Waals surface area contributed by atoms with Gasteiger partial charge in [0, 0.05) is 20.2 Å². The van der Waals surface area contributed by atoms with Crippen LogP contribution in [0, 0.1) is 6.92 Å². The number of nitrogens with zero attached hydrogens (tertiary/aromatic N) is 6. The molecule has 20 heavy (non-hydrogen) atoms. The molecule has 2 aromatic heterocycles. The van der Waals surface area contributed by atoms with E-state index in [9.17, 15) is 0 Å². The van der Waals surface area contributed by atoms with Crippen molar-refractivity contribution in [2.75, 3.05) is 26.8 Å². The van der Waals surface area contributed by atoms with Gasteiger partial charge in [-0.3, -0.25) is 0 Å². The van der Waals surface area contributed by atoms with Gasteiger partial charge in [-0.25, -0.2) is 4.68 Å². The quantitative estimate of drug-likeness (QED) is 0.501. The lowest BCUT2D eigenvalue weighted by Gasteiger charge is -2.05. The van der Waals surface area contributed by atoms with Crippen LogP contribution in [0.2, 0.25) is 0 Å². The molecular weight excluding hydrogens is 282 g/mol. The Balaban J connectivity index is 1.76. The molecule has 2 aromatic rings. The van der Waals surface area contributed by atoms with Crippen molar-refractivity contribution in [3.05, 3.63) is 11.7 Å². The molecule has 0 amide bonds. The van der Waals surface area contributed by atoms with Crippen molar-refractivity contribution >= 4 is 11.8 Å². The minimum absolute atomic E-state index is 0.554. The first kappa shape index (κ1) is 14.9. The maximum atomic E-state index is 5.04. The second-order valence-electron chi connectivity index (χ2n) is 3.95. The molecule has 0 aliphatic heterocycles. The summed E-state index contributed by atoms with van der Waals surface area (Å²) in [6.45, 7) is 4.76. The lowest BCUT2D eigenvalue weighted by molar-refractivity contribution is 0.199. The molecule has 0 saturated heterocycles. The maximum Gasteiger partial charge on any atom is 0.237 e. The van der Waals surface area contributed by atoms with Crippen LogP contribution in [0.4, 0.5) is 0 Å². The molecule has 10 heteroatoms. The molecule has 0 fully saturated rings. The minimum Gasteiger partial charge on any atom is -0.383 e. The SMILES string of the molecule is COCCNCCn1nnnc1SCc1nc(C)no1. The summed E-state index contributed by atoms with van der Waals surface area (Å²) in [5.74, 6) is 1.75. The normalized spacial score (nSPS) is 11.1. The smallest absolute Gasteiger partial charge is 0.237 e. The maximum absolute atomic E-state index is 5.04. The number of nitrogens with one attached hydrogen (secondary N) is 1. The van der Waals surface area contributed by atoms with E-state index in [-0.39, 0.29) is 0 Å². The van der Waals surface area contributed by atoms with Gasteiger partial charge in [-0.15, -0.1) is 5.10 Å². The van der Waals surface area contributed by atoms with Crippen LogP contribution < -0.4 is 5.32 Å². The fourth-order valence-electron chi connectivity index (χ4n) is 1.45. The molecule has 1 N–H and O–H groups in total. The molecule has 110 valence electrons. The molecule has 0 bridgehead atoms. The van der Waals surface area contributed by atoms with Gasteiger partial charge in [0.1, 0.15) is 0 Å². The van der Waals surface area contributed by atoms with Gasteiger partial charge in [0.2, 0.25) is 11.0 Å². The van der Waals surface area contributed by atoms with E-state index in [0.717, 1.165) is 18.2 Å². The monoisotopic (exact) mass is 299 g/mol. The molecule has 0 aliphatic carbocycles. The Morgan fingerprint density at radius 2 is 2.30 bits per heavy atom. The van der Waals surface area contributed by atoms with Crippen molar-refractivity contribution in [2.45, 2.75) is 24.4 Å². The van der Waals surface area contributed by atoms with Gasteiger partial charge < -0.3 is 14.6 Å². The summed E-state index contributed by atoms with van der Waals surface area (Å²) in [7, 11) is 1.68. The third-order valence-electron chi connectivity index (χ3n) is 2.38. The summed E-state index contributed by atoms with van der Waals surface area (Å²) < 4.78 is 11.7. The topological polar surface area (TPSA) is 104 Å². The van der Waals surface area contributed by atoms with Crippen molar-refractivity contribution in [3.63, 3.8) is 0 Å². The highest BCUT2D eigenvalue weighted by molar-refractivity contribution is 7.98. The van der Waals surface area contributed by atoms with Crippen molar-refractivity contribution in [3.8, 4) is 0 Å². The molecule has 9 nitrogen and oxygen atoms in total. The van der Waals surface area contributed by atoms with Gasteiger partial charge in [0.25, 0.3) is 0 Å². The van der Waals surface area contributed by atoms with Gasteiger partial charge in [-0.05, 0) is 17.4 Å². The van der Waals surface area contributed by atoms with Crippen LogP contribution in [-0.4, -0.2) is 57.2 Å². The lowest BCUT2D eigenvalue weighted by atomic mass is 10.6. The Kier molecular flexibility index (Phi) is 5.89. The van der Waals surface area contributed by atoms with Gasteiger partial charge >= 0.3 is 0 Å². The Bertz CT molecular complexity index is 515. The average Bonchev–Trinajstić information content (AvgIpc) is 3.05. The van der Waals surface area contributed by atoms with Crippen LogP contribution in [0.25, 0.3) is 0 Å². The third kappa shape index (κ3) is 4.54. The first-order valence-electron chi connectivity index (χ1n) is 6.17. The van der Waals surface area contributed by atoms with Crippen LogP contribution in [0.15, 0.2) is 9.68 Å². The van der Waals surface area contributed by atoms with Gasteiger partial charge in [0.15, 0.2) is 5.82 Å². The summed E-state index contributed by atoms with van der Waals surface area (Å²) in [5.41, 5.74) is 0. The number of ether oxygens (including phenoxy) is 1. The predicted molar refractivity (Wildman–Crippen MR) is 71.2 cm³/mol. The van der Waals surface area contributed by atoms with E-state index < -0.39 is 0 Å². The van der Waals surface area contributed by atoms with Crippen LogP contribution in [0.1, 0.15) is 11.7 Å². The van der Waals surface area contributed by atoms with E-state index in [1.807, 2.05) is 0 Å². The standard InChI is InChI=1S/C10H17N7O2S/c1-8-12-9(19-14-8)7-20-10-13-15-16-17(10)5-3-11-4-6-18-2/h11H,3-7H2,1-2H3. The largest absolute Gasteiger partial charge is 0.383 e. The van der Waals surface area contributed by atoms with E-state index in [1.165, 1.54) is 11.8 Å². The molecular formula is C10H17N7O2S. The highest BCUT2D eigenvalue weighted by atomic mass is 32.2. The Labute approximate surface area is 120 Å². The van der Waals surface area contributed by atoms with E-state index in [2.05, 4.69) is 31.0 Å². The zero-order valence-electron chi connectivity index (χ0n) is 11.4. The van der Waals surface area contributed by atoms with Gasteiger partial charge in [0.05, 0.1) is 18.9 Å². The van der Waals surface area contributed by atoms with Crippen LogP contribution in [0.5, 0.6) is 0 Å². The lowest BCUT2D eigenvalue weighted by Crippen LogP contribution is -2.24. The molecule has 0 radical (unpaired) electrons. The molecule has 0 aromatic carbocycles. The Morgan fingerprint density at radius 3 is 3.05 bits per heavy atom. The van der Waals surface area contributed by atoms with Crippen molar-refractivity contribution < 1.29 is 9.26 Å². The zero-order chi connectivity index (χ0) is 14.2. The van der Waals surface area contributed by atoms with Gasteiger partial charge in [-0.2, -0.15) is 4.98 Å². The number of hydrogen-bond donors (Lipinski definition) is 1. The van der Waals surface area contributed by atoms with Crippen molar-refractivity contribution in [1.82, 2.24) is 35.7 Å². The molecule has 0 aliphatic rings. The third-order valence-corrected chi connectivity index (χ3v) is 3.32. The number of tetrazole rings is 1. The van der Waals surface area contributed by atoms with Gasteiger partial charge in [-0.1, -0.05) is 16.9 Å². The van der Waals surface area contributed by atoms with Crippen molar-refractivity contribution in [1.29, 1.82) is 0 Å². The highest BCUT2D eigenvalue weighted by Gasteiger charge is 2.09. The summed E-state index contributed by atoms with van der Waals surface area (Å²) in [5, 5.41) is 19.3. The number of aromatic nitrogens is 6. The van der Waals surface area contributed by atoms with Crippen molar-refractivity contribution in [2.24, 2.45) is 0 Å². The Morgan fingerprint density at radius 1 is 1.40 bits per heavy atom. The summed E-state index contributed by atoms with van der Waals surface area (Å²) in [6, 6.07) is 0. The van der Waals surface area contributed by atoms with E-state index in [0.29, 0.717) is 30.6 Å². The first-order valence-corrected chi connectivity index (χ1v) is 7.16. The Hall–Kier alpha value is -1.52. The summed E-state index contributed by atoms with van der Waals surface area (Å²) in [4.78, 5) is 4.13. The first-order chi connectivity index (χ1) is 9.79.